The number of hydrogen-bond acceptors (Lipinski definition) is 4. The lowest BCUT2D eigenvalue weighted by molar-refractivity contribution is 0.0174. The minimum Gasteiger partial charge on any atom is -0.495 e. The van der Waals surface area contributed by atoms with E-state index in [0.29, 0.717) is 42.6 Å². The number of rotatable bonds is 2. The number of piperazine rings is 1. The first-order chi connectivity index (χ1) is 11.7. The van der Waals surface area contributed by atoms with Gasteiger partial charge in [0.15, 0.2) is 0 Å². The fraction of sp³-hybridized carbons (Fsp3) is 0.529. The molecule has 0 aliphatic carbocycles. The first-order valence-electron chi connectivity index (χ1n) is 8.07. The van der Waals surface area contributed by atoms with Crippen LogP contribution < -0.4 is 10.1 Å². The van der Waals surface area contributed by atoms with Gasteiger partial charge >= 0.3 is 12.1 Å². The maximum absolute atomic E-state index is 12.4. The highest BCUT2D eigenvalue weighted by atomic mass is 35.5. The molecule has 2 rings (SSSR count). The first kappa shape index (κ1) is 19.2. The van der Waals surface area contributed by atoms with Crippen molar-refractivity contribution in [2.24, 2.45) is 0 Å². The Kier molecular flexibility index (Phi) is 6.00. The van der Waals surface area contributed by atoms with Crippen molar-refractivity contribution in [2.45, 2.75) is 26.4 Å². The zero-order valence-corrected chi connectivity index (χ0v) is 15.7. The molecular weight excluding hydrogens is 346 g/mol. The summed E-state index contributed by atoms with van der Waals surface area (Å²) in [6.07, 6.45) is -0.357. The van der Waals surface area contributed by atoms with Gasteiger partial charge in [-0.3, -0.25) is 0 Å². The molecule has 1 aromatic carbocycles. The van der Waals surface area contributed by atoms with Gasteiger partial charge in [-0.25, -0.2) is 9.59 Å². The molecule has 0 radical (unpaired) electrons. The average molecular weight is 370 g/mol. The molecule has 3 amide bonds. The number of methoxy groups -OCH3 is 1. The third-order valence-corrected chi connectivity index (χ3v) is 3.86. The van der Waals surface area contributed by atoms with Gasteiger partial charge in [-0.1, -0.05) is 11.6 Å². The molecule has 138 valence electrons. The Morgan fingerprint density at radius 1 is 1.12 bits per heavy atom. The van der Waals surface area contributed by atoms with Crippen LogP contribution in [0.15, 0.2) is 18.2 Å². The van der Waals surface area contributed by atoms with Crippen LogP contribution in [0.5, 0.6) is 5.75 Å². The van der Waals surface area contributed by atoms with Crippen LogP contribution in [0, 0.1) is 0 Å². The van der Waals surface area contributed by atoms with E-state index in [9.17, 15) is 9.59 Å². The smallest absolute Gasteiger partial charge is 0.410 e. The van der Waals surface area contributed by atoms with Crippen LogP contribution in [-0.2, 0) is 4.74 Å². The maximum atomic E-state index is 12.4. The van der Waals surface area contributed by atoms with E-state index in [4.69, 9.17) is 21.1 Å². The SMILES string of the molecule is COc1ccc(Cl)cc1NC(=O)N1CCN(C(=O)OC(C)(C)C)CC1. The minimum atomic E-state index is -0.533. The molecule has 0 bridgehead atoms. The molecule has 1 aromatic rings. The lowest BCUT2D eigenvalue weighted by Crippen LogP contribution is -2.52. The van der Waals surface area contributed by atoms with E-state index in [-0.39, 0.29) is 12.1 Å². The molecule has 0 unspecified atom stereocenters. The highest BCUT2D eigenvalue weighted by molar-refractivity contribution is 6.31. The lowest BCUT2D eigenvalue weighted by Gasteiger charge is -2.35. The molecule has 1 aliphatic heterocycles. The molecule has 1 heterocycles. The number of carbonyl (C=O) groups is 2. The number of nitrogens with one attached hydrogen (secondary N) is 1. The Morgan fingerprint density at radius 3 is 2.28 bits per heavy atom. The van der Waals surface area contributed by atoms with Crippen molar-refractivity contribution in [2.75, 3.05) is 38.6 Å². The van der Waals surface area contributed by atoms with E-state index in [2.05, 4.69) is 5.32 Å². The second-order valence-electron chi connectivity index (χ2n) is 6.73. The summed E-state index contributed by atoms with van der Waals surface area (Å²) in [6, 6.07) is 4.76. The van der Waals surface area contributed by atoms with Crippen LogP contribution in [-0.4, -0.2) is 60.8 Å². The van der Waals surface area contributed by atoms with Gasteiger partial charge < -0.3 is 24.6 Å². The fourth-order valence-electron chi connectivity index (χ4n) is 2.39. The van der Waals surface area contributed by atoms with E-state index in [1.54, 1.807) is 28.0 Å². The van der Waals surface area contributed by atoms with Gasteiger partial charge in [0.2, 0.25) is 0 Å². The second-order valence-corrected chi connectivity index (χ2v) is 7.17. The van der Waals surface area contributed by atoms with E-state index >= 15 is 0 Å². The summed E-state index contributed by atoms with van der Waals surface area (Å²) in [5.41, 5.74) is -0.0241. The average Bonchev–Trinajstić information content (AvgIpc) is 2.53. The Morgan fingerprint density at radius 2 is 1.72 bits per heavy atom. The standard InChI is InChI=1S/C17H24ClN3O4/c1-17(2,3)25-16(23)21-9-7-20(8-10-21)15(22)19-13-11-12(18)5-6-14(13)24-4/h5-6,11H,7-10H2,1-4H3,(H,19,22). The van der Waals surface area contributed by atoms with Gasteiger partial charge in [-0.15, -0.1) is 0 Å². The molecule has 0 spiro atoms. The molecule has 0 saturated carbocycles. The maximum Gasteiger partial charge on any atom is 0.410 e. The molecule has 1 N–H and O–H groups in total. The summed E-state index contributed by atoms with van der Waals surface area (Å²) in [7, 11) is 1.53. The number of benzene rings is 1. The molecule has 7 nitrogen and oxygen atoms in total. The van der Waals surface area contributed by atoms with E-state index < -0.39 is 5.60 Å². The third-order valence-electron chi connectivity index (χ3n) is 3.62. The van der Waals surface area contributed by atoms with Gasteiger partial charge in [0.1, 0.15) is 11.4 Å². The van der Waals surface area contributed by atoms with Crippen molar-refractivity contribution >= 4 is 29.4 Å². The van der Waals surface area contributed by atoms with Crippen molar-refractivity contribution in [3.8, 4) is 5.75 Å². The highest BCUT2D eigenvalue weighted by Gasteiger charge is 2.27. The topological polar surface area (TPSA) is 71.1 Å². The predicted octanol–water partition coefficient (Wildman–Crippen LogP) is 3.43. The molecule has 25 heavy (non-hydrogen) atoms. The second kappa shape index (κ2) is 7.82. The van der Waals surface area contributed by atoms with E-state index in [0.717, 1.165) is 0 Å². The van der Waals surface area contributed by atoms with Crippen LogP contribution in [0.1, 0.15) is 20.8 Å². The minimum absolute atomic E-state index is 0.260. The number of hydrogen-bond donors (Lipinski definition) is 1. The van der Waals surface area contributed by atoms with E-state index in [1.807, 2.05) is 20.8 Å². The number of ether oxygens (including phenoxy) is 2. The van der Waals surface area contributed by atoms with Crippen LogP contribution in [0.2, 0.25) is 5.02 Å². The molecular formula is C17H24ClN3O4. The van der Waals surface area contributed by atoms with Crippen LogP contribution >= 0.6 is 11.6 Å². The zero-order valence-electron chi connectivity index (χ0n) is 15.0. The Bertz CT molecular complexity index is 637. The summed E-state index contributed by atoms with van der Waals surface area (Å²) in [5, 5.41) is 3.30. The summed E-state index contributed by atoms with van der Waals surface area (Å²) in [4.78, 5) is 27.7. The van der Waals surface area contributed by atoms with Crippen molar-refractivity contribution in [3.63, 3.8) is 0 Å². The van der Waals surface area contributed by atoms with E-state index in [1.165, 1.54) is 7.11 Å². The van der Waals surface area contributed by atoms with Crippen LogP contribution in [0.3, 0.4) is 0 Å². The number of carbonyl (C=O) groups excluding carboxylic acids is 2. The molecule has 1 saturated heterocycles. The van der Waals surface area contributed by atoms with Crippen molar-refractivity contribution in [1.82, 2.24) is 9.80 Å². The van der Waals surface area contributed by atoms with Gasteiger partial charge in [-0.05, 0) is 39.0 Å². The normalized spacial score (nSPS) is 14.9. The summed E-state index contributed by atoms with van der Waals surface area (Å²) < 4.78 is 10.6. The Labute approximate surface area is 152 Å². The molecule has 0 atom stereocenters. The molecule has 1 fully saturated rings. The largest absolute Gasteiger partial charge is 0.495 e. The van der Waals surface area contributed by atoms with Gasteiger partial charge in [0, 0.05) is 31.2 Å². The third kappa shape index (κ3) is 5.42. The summed E-state index contributed by atoms with van der Waals surface area (Å²) >= 11 is 5.97. The number of nitrogens with zero attached hydrogens (tertiary/aromatic N) is 2. The predicted molar refractivity (Wildman–Crippen MR) is 96.4 cm³/mol. The monoisotopic (exact) mass is 369 g/mol. The van der Waals surface area contributed by atoms with Crippen LogP contribution in [0.25, 0.3) is 0 Å². The summed E-state index contributed by atoms with van der Waals surface area (Å²) in [6.45, 7) is 7.18. The molecule has 1 aliphatic rings. The van der Waals surface area contributed by atoms with Crippen molar-refractivity contribution in [3.05, 3.63) is 23.2 Å². The highest BCUT2D eigenvalue weighted by Crippen LogP contribution is 2.28. The quantitative estimate of drug-likeness (QED) is 0.866. The van der Waals surface area contributed by atoms with Crippen LogP contribution in [0.4, 0.5) is 15.3 Å². The fourth-order valence-corrected chi connectivity index (χ4v) is 2.56. The number of urea groups is 1. The lowest BCUT2D eigenvalue weighted by atomic mass is 10.2. The number of halogens is 1. The first-order valence-corrected chi connectivity index (χ1v) is 8.45. The van der Waals surface area contributed by atoms with Gasteiger partial charge in [-0.2, -0.15) is 0 Å². The summed E-state index contributed by atoms with van der Waals surface area (Å²) in [5.74, 6) is 0.533. The van der Waals surface area contributed by atoms with Gasteiger partial charge in [0.05, 0.1) is 12.8 Å². The number of amides is 3. The number of anilines is 1. The van der Waals surface area contributed by atoms with Gasteiger partial charge in [0.25, 0.3) is 0 Å². The zero-order chi connectivity index (χ0) is 18.6. The molecule has 8 heteroatoms. The Balaban J connectivity index is 1.91. The van der Waals surface area contributed by atoms with Crippen molar-refractivity contribution < 1.29 is 19.1 Å². The van der Waals surface area contributed by atoms with Crippen molar-refractivity contribution in [1.29, 1.82) is 0 Å². The molecule has 0 aromatic heterocycles. The Hall–Kier alpha value is -2.15.